The SMILES string of the molecule is c1cnc2c(c1)nc1c3ccc4c5ccccc5[nH]c4c3c3ncccc3n21. The van der Waals surface area contributed by atoms with Crippen LogP contribution in [0.15, 0.2) is 73.1 Å². The number of hydrogen-bond acceptors (Lipinski definition) is 3. The van der Waals surface area contributed by atoms with Crippen molar-refractivity contribution in [1.82, 2.24) is 24.3 Å². The molecule has 0 spiro atoms. The lowest BCUT2D eigenvalue weighted by molar-refractivity contribution is 1.24. The van der Waals surface area contributed by atoms with E-state index in [0.717, 1.165) is 49.7 Å². The van der Waals surface area contributed by atoms with Crippen LogP contribution in [0.3, 0.4) is 0 Å². The summed E-state index contributed by atoms with van der Waals surface area (Å²) in [6.07, 6.45) is 3.66. The minimum absolute atomic E-state index is 0.856. The summed E-state index contributed by atoms with van der Waals surface area (Å²) >= 11 is 0. The van der Waals surface area contributed by atoms with Crippen molar-refractivity contribution in [2.24, 2.45) is 0 Å². The molecule has 1 N–H and O–H groups in total. The molecular weight excluding hydrogens is 346 g/mol. The fourth-order valence-electron chi connectivity index (χ4n) is 4.44. The van der Waals surface area contributed by atoms with E-state index in [2.05, 4.69) is 56.8 Å². The summed E-state index contributed by atoms with van der Waals surface area (Å²) in [6.45, 7) is 0. The number of H-pyrrole nitrogens is 1. The summed E-state index contributed by atoms with van der Waals surface area (Å²) in [5, 5.41) is 4.60. The lowest BCUT2D eigenvalue weighted by Gasteiger charge is -2.08. The Morgan fingerprint density at radius 2 is 1.57 bits per heavy atom. The van der Waals surface area contributed by atoms with Crippen LogP contribution in [0.2, 0.25) is 0 Å². The van der Waals surface area contributed by atoms with Crippen LogP contribution < -0.4 is 0 Å². The van der Waals surface area contributed by atoms with Gasteiger partial charge in [0.05, 0.1) is 16.6 Å². The van der Waals surface area contributed by atoms with Crippen molar-refractivity contribution in [3.63, 3.8) is 0 Å². The first-order chi connectivity index (χ1) is 13.9. The molecule has 5 nitrogen and oxygen atoms in total. The monoisotopic (exact) mass is 359 g/mol. The molecule has 5 heterocycles. The Morgan fingerprint density at radius 3 is 2.57 bits per heavy atom. The predicted octanol–water partition coefficient (Wildman–Crippen LogP) is 5.22. The van der Waals surface area contributed by atoms with Crippen molar-refractivity contribution in [2.45, 2.75) is 0 Å². The maximum Gasteiger partial charge on any atom is 0.165 e. The average molecular weight is 359 g/mol. The van der Waals surface area contributed by atoms with Crippen LogP contribution in [0.1, 0.15) is 0 Å². The summed E-state index contributed by atoms with van der Waals surface area (Å²) in [5.41, 5.74) is 6.84. The van der Waals surface area contributed by atoms with Crippen molar-refractivity contribution < 1.29 is 0 Å². The molecule has 0 aliphatic carbocycles. The van der Waals surface area contributed by atoms with Gasteiger partial charge in [0.25, 0.3) is 0 Å². The van der Waals surface area contributed by atoms with Gasteiger partial charge in [0.1, 0.15) is 11.2 Å². The Balaban J connectivity index is 1.87. The number of fused-ring (bicyclic) bond motifs is 12. The van der Waals surface area contributed by atoms with Gasteiger partial charge in [-0.3, -0.25) is 9.38 Å². The second-order valence-corrected chi connectivity index (χ2v) is 7.07. The van der Waals surface area contributed by atoms with Gasteiger partial charge >= 0.3 is 0 Å². The van der Waals surface area contributed by atoms with Crippen LogP contribution in [-0.2, 0) is 0 Å². The fraction of sp³-hybridized carbons (Fsp3) is 0. The number of para-hydroxylation sites is 1. The molecule has 0 aliphatic heterocycles. The third-order valence-electron chi connectivity index (χ3n) is 5.60. The van der Waals surface area contributed by atoms with E-state index >= 15 is 0 Å². The van der Waals surface area contributed by atoms with Crippen molar-refractivity contribution in [2.75, 3.05) is 0 Å². The smallest absolute Gasteiger partial charge is 0.165 e. The number of benzene rings is 2. The molecule has 0 bridgehead atoms. The number of rotatable bonds is 0. The van der Waals surface area contributed by atoms with E-state index in [-0.39, 0.29) is 0 Å². The number of hydrogen-bond donors (Lipinski definition) is 1. The number of imidazole rings is 1. The van der Waals surface area contributed by atoms with E-state index in [1.807, 2.05) is 30.6 Å². The van der Waals surface area contributed by atoms with Gasteiger partial charge in [0, 0.05) is 39.5 Å². The number of nitrogens with one attached hydrogen (secondary N) is 1. The summed E-state index contributed by atoms with van der Waals surface area (Å²) in [5.74, 6) is 0. The topological polar surface area (TPSA) is 58.9 Å². The first kappa shape index (κ1) is 14.1. The zero-order chi connectivity index (χ0) is 18.2. The highest BCUT2D eigenvalue weighted by Crippen LogP contribution is 2.37. The molecule has 0 radical (unpaired) electrons. The van der Waals surface area contributed by atoms with Gasteiger partial charge in [-0.05, 0) is 36.4 Å². The van der Waals surface area contributed by atoms with Gasteiger partial charge in [-0.1, -0.05) is 24.3 Å². The minimum Gasteiger partial charge on any atom is -0.354 e. The molecule has 7 aromatic rings. The normalized spacial score (nSPS) is 12.3. The Hall–Kier alpha value is -3.99. The van der Waals surface area contributed by atoms with Crippen molar-refractivity contribution in [3.05, 3.63) is 73.1 Å². The van der Waals surface area contributed by atoms with E-state index in [9.17, 15) is 0 Å². The third-order valence-corrected chi connectivity index (χ3v) is 5.60. The van der Waals surface area contributed by atoms with E-state index in [4.69, 9.17) is 9.97 Å². The van der Waals surface area contributed by atoms with Gasteiger partial charge in [0.2, 0.25) is 0 Å². The molecule has 0 aliphatic rings. The summed E-state index contributed by atoms with van der Waals surface area (Å²) in [7, 11) is 0. The molecule has 0 saturated heterocycles. The molecule has 28 heavy (non-hydrogen) atoms. The molecule has 2 aromatic carbocycles. The maximum absolute atomic E-state index is 4.91. The van der Waals surface area contributed by atoms with Crippen molar-refractivity contribution in [1.29, 1.82) is 0 Å². The summed E-state index contributed by atoms with van der Waals surface area (Å²) in [6, 6.07) is 20.7. The first-order valence-corrected chi connectivity index (χ1v) is 9.23. The van der Waals surface area contributed by atoms with Gasteiger partial charge in [-0.2, -0.15) is 0 Å². The fourth-order valence-corrected chi connectivity index (χ4v) is 4.44. The van der Waals surface area contributed by atoms with Crippen LogP contribution in [0.25, 0.3) is 60.4 Å². The van der Waals surface area contributed by atoms with E-state index in [1.54, 1.807) is 0 Å². The molecule has 0 amide bonds. The molecule has 0 unspecified atom stereocenters. The summed E-state index contributed by atoms with van der Waals surface area (Å²) < 4.78 is 2.12. The molecular formula is C23H13N5. The van der Waals surface area contributed by atoms with Crippen LogP contribution in [0, 0.1) is 0 Å². The Kier molecular flexibility index (Phi) is 2.44. The highest BCUT2D eigenvalue weighted by Gasteiger charge is 2.18. The molecule has 5 heteroatoms. The highest BCUT2D eigenvalue weighted by atomic mass is 15.1. The number of aromatic amines is 1. The van der Waals surface area contributed by atoms with Gasteiger partial charge in [0.15, 0.2) is 5.65 Å². The van der Waals surface area contributed by atoms with Crippen LogP contribution in [0.5, 0.6) is 0 Å². The van der Waals surface area contributed by atoms with Crippen molar-refractivity contribution >= 4 is 60.4 Å². The van der Waals surface area contributed by atoms with E-state index in [1.165, 1.54) is 10.8 Å². The zero-order valence-corrected chi connectivity index (χ0v) is 14.7. The Bertz CT molecular complexity index is 1720. The lowest BCUT2D eigenvalue weighted by atomic mass is 10.0. The van der Waals surface area contributed by atoms with Gasteiger partial charge < -0.3 is 4.98 Å². The van der Waals surface area contributed by atoms with Gasteiger partial charge in [-0.25, -0.2) is 9.97 Å². The van der Waals surface area contributed by atoms with Crippen molar-refractivity contribution in [3.8, 4) is 0 Å². The second kappa shape index (κ2) is 4.84. The molecule has 130 valence electrons. The Morgan fingerprint density at radius 1 is 0.714 bits per heavy atom. The number of nitrogens with zero attached hydrogens (tertiary/aromatic N) is 4. The summed E-state index contributed by atoms with van der Waals surface area (Å²) in [4.78, 5) is 17.9. The average Bonchev–Trinajstić information content (AvgIpc) is 3.32. The maximum atomic E-state index is 4.91. The number of pyridine rings is 3. The second-order valence-electron chi connectivity index (χ2n) is 7.07. The largest absolute Gasteiger partial charge is 0.354 e. The molecule has 0 saturated carbocycles. The van der Waals surface area contributed by atoms with Crippen LogP contribution >= 0.6 is 0 Å². The standard InChI is InChI=1S/C23H13N5/c1-2-6-16-13(5-1)14-9-10-15-19(20(14)26-16)21-18(8-4-11-24-21)28-22(15)27-17-7-3-12-25-23(17)28/h1-12,26H. The number of aromatic nitrogens is 5. The molecule has 0 fully saturated rings. The minimum atomic E-state index is 0.856. The highest BCUT2D eigenvalue weighted by molar-refractivity contribution is 6.26. The van der Waals surface area contributed by atoms with Crippen LogP contribution in [-0.4, -0.2) is 24.3 Å². The lowest BCUT2D eigenvalue weighted by Crippen LogP contribution is -1.94. The van der Waals surface area contributed by atoms with E-state index in [0.29, 0.717) is 0 Å². The van der Waals surface area contributed by atoms with Crippen LogP contribution in [0.4, 0.5) is 0 Å². The predicted molar refractivity (Wildman–Crippen MR) is 113 cm³/mol. The molecule has 5 aromatic heterocycles. The Labute approximate surface area is 158 Å². The first-order valence-electron chi connectivity index (χ1n) is 9.23. The third kappa shape index (κ3) is 1.60. The quantitative estimate of drug-likeness (QED) is 0.378. The molecule has 7 rings (SSSR count). The zero-order valence-electron chi connectivity index (χ0n) is 14.7. The van der Waals surface area contributed by atoms with Gasteiger partial charge in [-0.15, -0.1) is 0 Å². The van der Waals surface area contributed by atoms with E-state index < -0.39 is 0 Å². The molecule has 0 atom stereocenters.